The summed E-state index contributed by atoms with van der Waals surface area (Å²) in [7, 11) is -0.593. The van der Waals surface area contributed by atoms with Crippen LogP contribution < -0.4 is 0 Å². The SMILES string of the molecule is CS(C)(C)CCOCn1ccc2c([N+](=O)[O-])cc(Cl)nc21. The first-order chi connectivity index (χ1) is 9.78. The van der Waals surface area contributed by atoms with Crippen LogP contribution in [0.3, 0.4) is 0 Å². The maximum absolute atomic E-state index is 11.0. The predicted octanol–water partition coefficient (Wildman–Crippen LogP) is 3.27. The molecule has 0 aromatic carbocycles. The van der Waals surface area contributed by atoms with Crippen molar-refractivity contribution in [1.82, 2.24) is 9.55 Å². The Kier molecular flexibility index (Phi) is 4.75. The van der Waals surface area contributed by atoms with E-state index in [4.69, 9.17) is 16.3 Å². The molecule has 0 aliphatic carbocycles. The standard InChI is InChI=1S/C13H18ClN3O3S/c1-21(2,3)7-6-20-9-16-5-4-10-11(17(18)19)8-12(14)15-13(10)16/h4-5,8H,6-7,9H2,1-3H3. The number of hydrogen-bond acceptors (Lipinski definition) is 4. The van der Waals surface area contributed by atoms with Gasteiger partial charge in [0, 0.05) is 11.9 Å². The highest BCUT2D eigenvalue weighted by Crippen LogP contribution is 2.33. The van der Waals surface area contributed by atoms with Gasteiger partial charge in [0.05, 0.1) is 23.0 Å². The lowest BCUT2D eigenvalue weighted by Crippen LogP contribution is -2.09. The lowest BCUT2D eigenvalue weighted by molar-refractivity contribution is -0.383. The van der Waals surface area contributed by atoms with Gasteiger partial charge in [-0.05, 0) is 24.8 Å². The zero-order valence-corrected chi connectivity index (χ0v) is 13.8. The monoisotopic (exact) mass is 331 g/mol. The summed E-state index contributed by atoms with van der Waals surface area (Å²) in [5, 5.41) is 11.6. The van der Waals surface area contributed by atoms with E-state index in [-0.39, 0.29) is 10.8 Å². The molecule has 0 radical (unpaired) electrons. The molecule has 116 valence electrons. The summed E-state index contributed by atoms with van der Waals surface area (Å²) in [6.07, 6.45) is 8.41. The third-order valence-electron chi connectivity index (χ3n) is 2.95. The summed E-state index contributed by atoms with van der Waals surface area (Å²) < 4.78 is 7.36. The van der Waals surface area contributed by atoms with E-state index >= 15 is 0 Å². The Hall–Kier alpha value is -1.31. The Balaban J connectivity index is 2.16. The van der Waals surface area contributed by atoms with Gasteiger partial charge in [-0.1, -0.05) is 11.6 Å². The van der Waals surface area contributed by atoms with Crippen molar-refractivity contribution >= 4 is 38.3 Å². The Labute approximate surface area is 129 Å². The fraction of sp³-hybridized carbons (Fsp3) is 0.462. The molecular weight excluding hydrogens is 314 g/mol. The van der Waals surface area contributed by atoms with E-state index in [0.29, 0.717) is 24.4 Å². The minimum atomic E-state index is -0.593. The second kappa shape index (κ2) is 6.21. The highest BCUT2D eigenvalue weighted by atomic mass is 35.5. The van der Waals surface area contributed by atoms with E-state index in [1.807, 2.05) is 0 Å². The molecule has 0 N–H and O–H groups in total. The van der Waals surface area contributed by atoms with Gasteiger partial charge in [0.1, 0.15) is 11.9 Å². The summed E-state index contributed by atoms with van der Waals surface area (Å²) in [5.74, 6) is 1.01. The molecule has 8 heteroatoms. The molecule has 0 bridgehead atoms. The smallest absolute Gasteiger partial charge is 0.283 e. The molecule has 21 heavy (non-hydrogen) atoms. The molecule has 2 rings (SSSR count). The molecule has 0 fully saturated rings. The van der Waals surface area contributed by atoms with Crippen molar-refractivity contribution in [2.45, 2.75) is 6.73 Å². The second-order valence-corrected chi connectivity index (χ2v) is 10.6. The molecule has 0 amide bonds. The van der Waals surface area contributed by atoms with Crippen LogP contribution in [-0.4, -0.2) is 45.6 Å². The lowest BCUT2D eigenvalue weighted by Gasteiger charge is -2.24. The highest BCUT2D eigenvalue weighted by Gasteiger charge is 2.17. The Morgan fingerprint density at radius 1 is 1.48 bits per heavy atom. The number of pyridine rings is 1. The predicted molar refractivity (Wildman–Crippen MR) is 87.6 cm³/mol. The highest BCUT2D eigenvalue weighted by molar-refractivity contribution is 8.32. The first-order valence-electron chi connectivity index (χ1n) is 6.31. The van der Waals surface area contributed by atoms with Gasteiger partial charge in [0.25, 0.3) is 5.69 Å². The summed E-state index contributed by atoms with van der Waals surface area (Å²) in [5.41, 5.74) is 0.431. The van der Waals surface area contributed by atoms with E-state index in [1.165, 1.54) is 6.07 Å². The van der Waals surface area contributed by atoms with Crippen molar-refractivity contribution in [1.29, 1.82) is 0 Å². The van der Waals surface area contributed by atoms with Crippen LogP contribution in [0.1, 0.15) is 0 Å². The van der Waals surface area contributed by atoms with Crippen molar-refractivity contribution in [3.05, 3.63) is 33.6 Å². The van der Waals surface area contributed by atoms with Gasteiger partial charge in [-0.25, -0.2) is 15.0 Å². The van der Waals surface area contributed by atoms with E-state index in [0.717, 1.165) is 5.75 Å². The van der Waals surface area contributed by atoms with E-state index in [1.54, 1.807) is 16.8 Å². The molecule has 0 atom stereocenters. The number of hydrogen-bond donors (Lipinski definition) is 0. The van der Waals surface area contributed by atoms with Crippen LogP contribution in [-0.2, 0) is 11.5 Å². The van der Waals surface area contributed by atoms with Crippen molar-refractivity contribution in [2.75, 3.05) is 31.1 Å². The van der Waals surface area contributed by atoms with Crippen molar-refractivity contribution in [3.8, 4) is 0 Å². The Morgan fingerprint density at radius 2 is 2.19 bits per heavy atom. The van der Waals surface area contributed by atoms with E-state index in [9.17, 15) is 10.1 Å². The number of aromatic nitrogens is 2. The van der Waals surface area contributed by atoms with Gasteiger partial charge in [-0.2, -0.15) is 0 Å². The van der Waals surface area contributed by atoms with Crippen molar-refractivity contribution in [2.24, 2.45) is 0 Å². The molecule has 0 aliphatic heterocycles. The fourth-order valence-corrected chi connectivity index (χ4v) is 2.64. The topological polar surface area (TPSA) is 70.2 Å². The maximum Gasteiger partial charge on any atom is 0.283 e. The first-order valence-corrected chi connectivity index (χ1v) is 9.72. The number of ether oxygens (including phenoxy) is 1. The molecule has 0 aliphatic rings. The molecule has 2 heterocycles. The van der Waals surface area contributed by atoms with Gasteiger partial charge >= 0.3 is 0 Å². The van der Waals surface area contributed by atoms with Gasteiger partial charge in [0.2, 0.25) is 0 Å². The van der Waals surface area contributed by atoms with Gasteiger partial charge in [-0.15, -0.1) is 0 Å². The molecule has 6 nitrogen and oxygen atoms in total. The maximum atomic E-state index is 11.0. The molecule has 2 aromatic heterocycles. The summed E-state index contributed by atoms with van der Waals surface area (Å²) in [6, 6.07) is 2.92. The van der Waals surface area contributed by atoms with Gasteiger partial charge in [-0.3, -0.25) is 10.1 Å². The average molecular weight is 332 g/mol. The Bertz CT molecular complexity index is 666. The third-order valence-corrected chi connectivity index (χ3v) is 4.53. The van der Waals surface area contributed by atoms with E-state index < -0.39 is 15.0 Å². The van der Waals surface area contributed by atoms with Crippen molar-refractivity contribution in [3.63, 3.8) is 0 Å². The van der Waals surface area contributed by atoms with Gasteiger partial charge < -0.3 is 9.30 Å². The first kappa shape index (κ1) is 16.1. The number of nitrogens with zero attached hydrogens (tertiary/aromatic N) is 3. The molecule has 2 aromatic rings. The number of rotatable bonds is 6. The van der Waals surface area contributed by atoms with Crippen LogP contribution in [0.2, 0.25) is 5.15 Å². The van der Waals surface area contributed by atoms with Crippen LogP contribution >= 0.6 is 21.6 Å². The van der Waals surface area contributed by atoms with E-state index in [2.05, 4.69) is 23.8 Å². The second-order valence-electron chi connectivity index (χ2n) is 5.58. The number of nitro groups is 1. The average Bonchev–Trinajstić information content (AvgIpc) is 2.75. The number of fused-ring (bicyclic) bond motifs is 1. The summed E-state index contributed by atoms with van der Waals surface area (Å²) in [4.78, 5) is 14.7. The lowest BCUT2D eigenvalue weighted by atomic mass is 10.3. The third kappa shape index (κ3) is 4.09. The zero-order chi connectivity index (χ0) is 15.6. The van der Waals surface area contributed by atoms with Crippen LogP contribution in [0, 0.1) is 10.1 Å². The normalized spacial score (nSPS) is 12.8. The minimum absolute atomic E-state index is 0.0390. The molecule has 0 saturated heterocycles. The molecule has 0 spiro atoms. The van der Waals surface area contributed by atoms with Crippen LogP contribution in [0.25, 0.3) is 11.0 Å². The minimum Gasteiger partial charge on any atom is -0.360 e. The molecule has 0 saturated carbocycles. The summed E-state index contributed by atoms with van der Waals surface area (Å²) >= 11 is 5.85. The largest absolute Gasteiger partial charge is 0.360 e. The van der Waals surface area contributed by atoms with Gasteiger partial charge in [0.15, 0.2) is 5.65 Å². The van der Waals surface area contributed by atoms with Crippen LogP contribution in [0.5, 0.6) is 0 Å². The zero-order valence-electron chi connectivity index (χ0n) is 12.2. The molecule has 0 unspecified atom stereocenters. The van der Waals surface area contributed by atoms with Crippen molar-refractivity contribution < 1.29 is 9.66 Å². The van der Waals surface area contributed by atoms with Crippen LogP contribution in [0.15, 0.2) is 18.3 Å². The Morgan fingerprint density at radius 3 is 2.81 bits per heavy atom. The summed E-state index contributed by atoms with van der Waals surface area (Å²) in [6.45, 7) is 0.963. The van der Waals surface area contributed by atoms with Crippen LogP contribution in [0.4, 0.5) is 5.69 Å². The fourth-order valence-electron chi connectivity index (χ4n) is 1.84. The quantitative estimate of drug-likeness (QED) is 0.352. The number of halogens is 1. The molecular formula is C13H18ClN3O3S.